The third-order valence-corrected chi connectivity index (χ3v) is 4.62. The first-order valence-electron chi connectivity index (χ1n) is 7.47. The van der Waals surface area contributed by atoms with Crippen molar-refractivity contribution in [2.24, 2.45) is 5.73 Å². The predicted octanol–water partition coefficient (Wildman–Crippen LogP) is 1.02. The topological polar surface area (TPSA) is 106 Å². The molecule has 3 rings (SSSR count). The van der Waals surface area contributed by atoms with Crippen molar-refractivity contribution in [3.8, 4) is 17.0 Å². The molecule has 2 aromatic rings. The molecule has 1 aromatic heterocycles. The maximum absolute atomic E-state index is 12.2. The number of carbonyl (C=O) groups excluding carboxylic acids is 2. The second-order valence-corrected chi connectivity index (χ2v) is 6.34. The summed E-state index contributed by atoms with van der Waals surface area (Å²) >= 11 is 1.39. The van der Waals surface area contributed by atoms with Crippen LogP contribution in [0.15, 0.2) is 23.6 Å². The van der Waals surface area contributed by atoms with Gasteiger partial charge in [-0.2, -0.15) is 0 Å². The van der Waals surface area contributed by atoms with Gasteiger partial charge >= 0.3 is 0 Å². The van der Waals surface area contributed by atoms with Crippen LogP contribution in [0.3, 0.4) is 0 Å². The summed E-state index contributed by atoms with van der Waals surface area (Å²) in [7, 11) is 0. The van der Waals surface area contributed by atoms with E-state index in [0.717, 1.165) is 0 Å². The number of thiazole rings is 1. The first-order chi connectivity index (χ1) is 11.5. The van der Waals surface area contributed by atoms with E-state index in [0.29, 0.717) is 42.6 Å². The number of benzene rings is 1. The number of amides is 2. The van der Waals surface area contributed by atoms with Crippen molar-refractivity contribution in [2.75, 3.05) is 26.3 Å². The molecule has 8 heteroatoms. The lowest BCUT2D eigenvalue weighted by atomic mass is 10.1. The van der Waals surface area contributed by atoms with Crippen LogP contribution < -0.4 is 5.73 Å². The molecular weight excluding hydrogens is 330 g/mol. The molecule has 1 aromatic carbocycles. The summed E-state index contributed by atoms with van der Waals surface area (Å²) in [5.74, 6) is -0.834. The molecule has 0 spiro atoms. The molecule has 1 aliphatic heterocycles. The third-order valence-electron chi connectivity index (χ3n) is 3.78. The Kier molecular flexibility index (Phi) is 4.77. The summed E-state index contributed by atoms with van der Waals surface area (Å²) in [6, 6.07) is 4.57. The van der Waals surface area contributed by atoms with Crippen LogP contribution in [-0.4, -0.2) is 53.1 Å². The van der Waals surface area contributed by atoms with E-state index in [2.05, 4.69) is 4.98 Å². The fraction of sp³-hybridized carbons (Fsp3) is 0.312. The van der Waals surface area contributed by atoms with E-state index in [4.69, 9.17) is 10.5 Å². The third kappa shape index (κ3) is 3.55. The lowest BCUT2D eigenvalue weighted by molar-refractivity contribution is -0.134. The van der Waals surface area contributed by atoms with Crippen molar-refractivity contribution >= 4 is 23.2 Å². The number of morpholine rings is 1. The van der Waals surface area contributed by atoms with Gasteiger partial charge in [0.1, 0.15) is 10.8 Å². The van der Waals surface area contributed by atoms with Gasteiger partial charge in [0.25, 0.3) is 5.91 Å². The number of nitrogens with zero attached hydrogens (tertiary/aromatic N) is 2. The van der Waals surface area contributed by atoms with Crippen molar-refractivity contribution in [1.29, 1.82) is 0 Å². The number of aromatic hydroxyl groups is 1. The van der Waals surface area contributed by atoms with Crippen LogP contribution in [0.4, 0.5) is 0 Å². The minimum Gasteiger partial charge on any atom is -0.507 e. The van der Waals surface area contributed by atoms with Gasteiger partial charge in [0, 0.05) is 24.0 Å². The van der Waals surface area contributed by atoms with Gasteiger partial charge in [0.05, 0.1) is 30.9 Å². The number of hydrogen-bond donors (Lipinski definition) is 2. The lowest BCUT2D eigenvalue weighted by Crippen LogP contribution is -2.41. The Hall–Kier alpha value is -2.45. The Morgan fingerprint density at radius 1 is 1.33 bits per heavy atom. The number of ether oxygens (including phenoxy) is 1. The zero-order valence-electron chi connectivity index (χ0n) is 12.9. The quantitative estimate of drug-likeness (QED) is 0.859. The molecule has 0 saturated carbocycles. The molecule has 1 saturated heterocycles. The van der Waals surface area contributed by atoms with Gasteiger partial charge < -0.3 is 20.5 Å². The van der Waals surface area contributed by atoms with Crippen LogP contribution in [0.5, 0.6) is 5.75 Å². The van der Waals surface area contributed by atoms with Crippen LogP contribution in [0, 0.1) is 0 Å². The summed E-state index contributed by atoms with van der Waals surface area (Å²) in [4.78, 5) is 29.8. The number of primary amides is 1. The average Bonchev–Trinajstić information content (AvgIpc) is 3.04. The molecule has 0 atom stereocenters. The molecule has 1 fully saturated rings. The highest BCUT2D eigenvalue weighted by molar-refractivity contribution is 7.10. The summed E-state index contributed by atoms with van der Waals surface area (Å²) in [5.41, 5.74) is 6.60. The summed E-state index contributed by atoms with van der Waals surface area (Å²) in [5, 5.41) is 12.2. The second-order valence-electron chi connectivity index (χ2n) is 5.39. The van der Waals surface area contributed by atoms with Gasteiger partial charge in [0.15, 0.2) is 0 Å². The standard InChI is InChI=1S/C16H17N3O4S/c17-16(22)11-7-10(1-2-13(11)20)12-9-24-14(18-12)8-15(21)19-3-5-23-6-4-19/h1-2,7,9,20H,3-6,8H2,(H2,17,22). The SMILES string of the molecule is NC(=O)c1cc(-c2csc(CC(=O)N3CCOCC3)n2)ccc1O. The van der Waals surface area contributed by atoms with E-state index in [-0.39, 0.29) is 23.6 Å². The van der Waals surface area contributed by atoms with E-state index in [9.17, 15) is 14.7 Å². The fourth-order valence-electron chi connectivity index (χ4n) is 2.47. The maximum atomic E-state index is 12.2. The van der Waals surface area contributed by atoms with E-state index < -0.39 is 5.91 Å². The normalized spacial score (nSPS) is 14.6. The smallest absolute Gasteiger partial charge is 0.252 e. The molecule has 3 N–H and O–H groups in total. The zero-order chi connectivity index (χ0) is 17.1. The fourth-order valence-corrected chi connectivity index (χ4v) is 3.27. The van der Waals surface area contributed by atoms with Gasteiger partial charge in [-0.05, 0) is 18.2 Å². The molecule has 0 bridgehead atoms. The van der Waals surface area contributed by atoms with Crippen LogP contribution in [-0.2, 0) is 16.0 Å². The molecule has 2 heterocycles. The molecule has 0 radical (unpaired) electrons. The molecule has 24 heavy (non-hydrogen) atoms. The van der Waals surface area contributed by atoms with Crippen LogP contribution in [0.2, 0.25) is 0 Å². The monoisotopic (exact) mass is 347 g/mol. The average molecular weight is 347 g/mol. The van der Waals surface area contributed by atoms with Crippen LogP contribution in [0.25, 0.3) is 11.3 Å². The molecular formula is C16H17N3O4S. The highest BCUT2D eigenvalue weighted by Crippen LogP contribution is 2.27. The summed E-state index contributed by atoms with van der Waals surface area (Å²) < 4.78 is 5.24. The first-order valence-corrected chi connectivity index (χ1v) is 8.35. The number of phenols is 1. The molecule has 0 aliphatic carbocycles. The Bertz CT molecular complexity index is 768. The highest BCUT2D eigenvalue weighted by Gasteiger charge is 2.19. The number of carbonyl (C=O) groups is 2. The minimum atomic E-state index is -0.702. The van der Waals surface area contributed by atoms with Crippen molar-refractivity contribution in [3.63, 3.8) is 0 Å². The van der Waals surface area contributed by atoms with Crippen LogP contribution >= 0.6 is 11.3 Å². The number of nitrogens with two attached hydrogens (primary N) is 1. The van der Waals surface area contributed by atoms with E-state index in [1.54, 1.807) is 11.0 Å². The largest absolute Gasteiger partial charge is 0.507 e. The van der Waals surface area contributed by atoms with Crippen molar-refractivity contribution in [1.82, 2.24) is 9.88 Å². The number of aromatic nitrogens is 1. The maximum Gasteiger partial charge on any atom is 0.252 e. The molecule has 0 unspecified atom stereocenters. The Morgan fingerprint density at radius 2 is 2.08 bits per heavy atom. The van der Waals surface area contributed by atoms with Gasteiger partial charge in [0.2, 0.25) is 5.91 Å². The summed E-state index contributed by atoms with van der Waals surface area (Å²) in [6.07, 6.45) is 0.241. The lowest BCUT2D eigenvalue weighted by Gasteiger charge is -2.26. The van der Waals surface area contributed by atoms with E-state index >= 15 is 0 Å². The Balaban J connectivity index is 1.74. The highest BCUT2D eigenvalue weighted by atomic mass is 32.1. The minimum absolute atomic E-state index is 0.0303. The Labute approximate surface area is 142 Å². The van der Waals surface area contributed by atoms with E-state index in [1.807, 2.05) is 5.38 Å². The van der Waals surface area contributed by atoms with Crippen molar-refractivity contribution < 1.29 is 19.4 Å². The predicted molar refractivity (Wildman–Crippen MR) is 88.8 cm³/mol. The van der Waals surface area contributed by atoms with Crippen molar-refractivity contribution in [3.05, 3.63) is 34.2 Å². The first kappa shape index (κ1) is 16.4. The Morgan fingerprint density at radius 3 is 2.79 bits per heavy atom. The van der Waals surface area contributed by atoms with Crippen LogP contribution in [0.1, 0.15) is 15.4 Å². The van der Waals surface area contributed by atoms with E-state index in [1.165, 1.54) is 23.5 Å². The molecule has 126 valence electrons. The summed E-state index contributed by atoms with van der Waals surface area (Å²) in [6.45, 7) is 2.35. The number of rotatable bonds is 4. The zero-order valence-corrected chi connectivity index (χ0v) is 13.7. The van der Waals surface area contributed by atoms with Gasteiger partial charge in [-0.1, -0.05) is 0 Å². The van der Waals surface area contributed by atoms with Crippen molar-refractivity contribution in [2.45, 2.75) is 6.42 Å². The second kappa shape index (κ2) is 6.98. The molecule has 2 amide bonds. The number of hydrogen-bond acceptors (Lipinski definition) is 6. The molecule has 1 aliphatic rings. The van der Waals surface area contributed by atoms with Gasteiger partial charge in [-0.3, -0.25) is 9.59 Å². The van der Waals surface area contributed by atoms with Gasteiger partial charge in [-0.15, -0.1) is 11.3 Å². The molecule has 7 nitrogen and oxygen atoms in total. The van der Waals surface area contributed by atoms with Gasteiger partial charge in [-0.25, -0.2) is 4.98 Å².